The van der Waals surface area contributed by atoms with Crippen LogP contribution in [-0.4, -0.2) is 19.8 Å². The summed E-state index contributed by atoms with van der Waals surface area (Å²) in [6, 6.07) is 8.81. The zero-order valence-corrected chi connectivity index (χ0v) is 13.4. The van der Waals surface area contributed by atoms with Crippen molar-refractivity contribution in [3.05, 3.63) is 52.7 Å². The third kappa shape index (κ3) is 3.16. The second kappa shape index (κ2) is 6.23. The maximum atomic E-state index is 13.8. The molecular formula is C14H17FN2O2S2. The molecule has 2 aromatic rings. The SMILES string of the molecule is CC(c1ccccc1F)N(C)S(=O)(=O)c1ccc(CN)s1. The highest BCUT2D eigenvalue weighted by Crippen LogP contribution is 2.30. The molecule has 0 bridgehead atoms. The Labute approximate surface area is 128 Å². The molecule has 4 nitrogen and oxygen atoms in total. The fourth-order valence-electron chi connectivity index (χ4n) is 1.97. The van der Waals surface area contributed by atoms with E-state index >= 15 is 0 Å². The van der Waals surface area contributed by atoms with Crippen molar-refractivity contribution in [3.8, 4) is 0 Å². The maximum Gasteiger partial charge on any atom is 0.252 e. The summed E-state index contributed by atoms with van der Waals surface area (Å²) in [5.41, 5.74) is 5.85. The highest BCUT2D eigenvalue weighted by molar-refractivity contribution is 7.91. The number of thiophene rings is 1. The third-order valence-corrected chi connectivity index (χ3v) is 6.88. The molecule has 0 aliphatic heterocycles. The quantitative estimate of drug-likeness (QED) is 0.918. The minimum absolute atomic E-state index is 0.216. The lowest BCUT2D eigenvalue weighted by Gasteiger charge is -2.24. The van der Waals surface area contributed by atoms with Crippen molar-refractivity contribution in [1.82, 2.24) is 4.31 Å². The van der Waals surface area contributed by atoms with Crippen molar-refractivity contribution in [2.45, 2.75) is 23.7 Å². The molecule has 0 saturated heterocycles. The number of rotatable bonds is 5. The van der Waals surface area contributed by atoms with E-state index in [-0.39, 0.29) is 4.21 Å². The van der Waals surface area contributed by atoms with Gasteiger partial charge in [0, 0.05) is 30.1 Å². The first kappa shape index (κ1) is 16.1. The zero-order chi connectivity index (χ0) is 15.6. The molecule has 0 saturated carbocycles. The fraction of sp³-hybridized carbons (Fsp3) is 0.286. The summed E-state index contributed by atoms with van der Waals surface area (Å²) in [5, 5.41) is 0. The van der Waals surface area contributed by atoms with E-state index in [0.717, 1.165) is 16.2 Å². The van der Waals surface area contributed by atoms with E-state index in [2.05, 4.69) is 0 Å². The summed E-state index contributed by atoms with van der Waals surface area (Å²) < 4.78 is 40.3. The highest BCUT2D eigenvalue weighted by atomic mass is 32.2. The molecule has 2 rings (SSSR count). The molecule has 1 unspecified atom stereocenters. The first-order valence-corrected chi connectivity index (χ1v) is 8.65. The molecule has 0 amide bonds. The highest BCUT2D eigenvalue weighted by Gasteiger charge is 2.28. The minimum Gasteiger partial charge on any atom is -0.326 e. The lowest BCUT2D eigenvalue weighted by Crippen LogP contribution is -2.29. The number of nitrogens with two attached hydrogens (primary N) is 1. The van der Waals surface area contributed by atoms with Gasteiger partial charge in [-0.05, 0) is 25.1 Å². The van der Waals surface area contributed by atoms with Crippen LogP contribution in [0.3, 0.4) is 0 Å². The topological polar surface area (TPSA) is 63.4 Å². The molecule has 114 valence electrons. The lowest BCUT2D eigenvalue weighted by molar-refractivity contribution is 0.388. The number of hydrogen-bond acceptors (Lipinski definition) is 4. The predicted molar refractivity (Wildman–Crippen MR) is 82.0 cm³/mol. The fourth-order valence-corrected chi connectivity index (χ4v) is 4.73. The summed E-state index contributed by atoms with van der Waals surface area (Å²) in [4.78, 5) is 0.792. The van der Waals surface area contributed by atoms with Gasteiger partial charge >= 0.3 is 0 Å². The summed E-state index contributed by atoms with van der Waals surface area (Å²) in [6.07, 6.45) is 0. The van der Waals surface area contributed by atoms with Gasteiger partial charge in [0.1, 0.15) is 10.0 Å². The predicted octanol–water partition coefficient (Wildman–Crippen LogP) is 2.73. The van der Waals surface area contributed by atoms with Crippen LogP contribution >= 0.6 is 11.3 Å². The molecule has 2 N–H and O–H groups in total. The molecular weight excluding hydrogens is 311 g/mol. The van der Waals surface area contributed by atoms with Gasteiger partial charge in [0.25, 0.3) is 10.0 Å². The Morgan fingerprint density at radius 3 is 2.52 bits per heavy atom. The van der Waals surface area contributed by atoms with Crippen LogP contribution in [0.5, 0.6) is 0 Å². The Balaban J connectivity index is 2.34. The van der Waals surface area contributed by atoms with Crippen molar-refractivity contribution >= 4 is 21.4 Å². The number of halogens is 1. The summed E-state index contributed by atoms with van der Waals surface area (Å²) in [7, 11) is -2.21. The smallest absolute Gasteiger partial charge is 0.252 e. The number of benzene rings is 1. The van der Waals surface area contributed by atoms with Gasteiger partial charge in [0.05, 0.1) is 0 Å². The van der Waals surface area contributed by atoms with Crippen molar-refractivity contribution < 1.29 is 12.8 Å². The van der Waals surface area contributed by atoms with Crippen molar-refractivity contribution in [3.63, 3.8) is 0 Å². The van der Waals surface area contributed by atoms with Crippen molar-refractivity contribution in [1.29, 1.82) is 0 Å². The molecule has 0 fully saturated rings. The summed E-state index contributed by atoms with van der Waals surface area (Å²) in [5.74, 6) is -0.416. The molecule has 0 aliphatic carbocycles. The Kier molecular flexibility index (Phi) is 4.77. The van der Waals surface area contributed by atoms with Gasteiger partial charge in [-0.1, -0.05) is 18.2 Å². The molecule has 7 heteroatoms. The number of nitrogens with zero attached hydrogens (tertiary/aromatic N) is 1. The van der Waals surface area contributed by atoms with E-state index in [0.29, 0.717) is 12.1 Å². The van der Waals surface area contributed by atoms with Crippen molar-refractivity contribution in [2.75, 3.05) is 7.05 Å². The average molecular weight is 328 g/mol. The Bertz CT molecular complexity index is 728. The molecule has 1 aromatic heterocycles. The Hall–Kier alpha value is -1.28. The second-order valence-electron chi connectivity index (χ2n) is 4.64. The van der Waals surface area contributed by atoms with Gasteiger partial charge in [-0.25, -0.2) is 12.8 Å². The molecule has 1 atom stereocenters. The average Bonchev–Trinajstić information content (AvgIpc) is 2.96. The van der Waals surface area contributed by atoms with Gasteiger partial charge in [-0.2, -0.15) is 4.31 Å². The van der Waals surface area contributed by atoms with Crippen LogP contribution in [0.15, 0.2) is 40.6 Å². The molecule has 21 heavy (non-hydrogen) atoms. The molecule has 1 heterocycles. The first-order valence-electron chi connectivity index (χ1n) is 6.39. The van der Waals surface area contributed by atoms with Gasteiger partial charge < -0.3 is 5.73 Å². The van der Waals surface area contributed by atoms with E-state index in [1.807, 2.05) is 0 Å². The summed E-state index contributed by atoms with van der Waals surface area (Å²) in [6.45, 7) is 1.96. The third-order valence-electron chi connectivity index (χ3n) is 3.37. The molecule has 0 spiro atoms. The van der Waals surface area contributed by atoms with E-state index in [1.54, 1.807) is 31.2 Å². The monoisotopic (exact) mass is 328 g/mol. The van der Waals surface area contributed by atoms with Gasteiger partial charge in [0.15, 0.2) is 0 Å². The summed E-state index contributed by atoms with van der Waals surface area (Å²) >= 11 is 1.14. The zero-order valence-electron chi connectivity index (χ0n) is 11.8. The second-order valence-corrected chi connectivity index (χ2v) is 8.04. The molecule has 1 aromatic carbocycles. The van der Waals surface area contributed by atoms with E-state index in [4.69, 9.17) is 5.73 Å². The molecule has 0 aliphatic rings. The van der Waals surface area contributed by atoms with Gasteiger partial charge in [-0.15, -0.1) is 11.3 Å². The van der Waals surface area contributed by atoms with E-state index in [1.165, 1.54) is 23.5 Å². The van der Waals surface area contributed by atoms with Crippen LogP contribution in [0, 0.1) is 5.82 Å². The Morgan fingerprint density at radius 2 is 1.95 bits per heavy atom. The van der Waals surface area contributed by atoms with E-state index in [9.17, 15) is 12.8 Å². The lowest BCUT2D eigenvalue weighted by atomic mass is 10.1. The number of sulfonamides is 1. The van der Waals surface area contributed by atoms with E-state index < -0.39 is 21.9 Å². The normalized spacial score (nSPS) is 13.6. The van der Waals surface area contributed by atoms with Crippen LogP contribution in [0.1, 0.15) is 23.4 Å². The minimum atomic E-state index is -3.66. The van der Waals surface area contributed by atoms with Crippen molar-refractivity contribution in [2.24, 2.45) is 5.73 Å². The van der Waals surface area contributed by atoms with Gasteiger partial charge in [0.2, 0.25) is 0 Å². The largest absolute Gasteiger partial charge is 0.326 e. The number of hydrogen-bond donors (Lipinski definition) is 1. The maximum absolute atomic E-state index is 13.8. The van der Waals surface area contributed by atoms with Gasteiger partial charge in [-0.3, -0.25) is 0 Å². The van der Waals surface area contributed by atoms with Crippen LogP contribution in [0.2, 0.25) is 0 Å². The standard InChI is InChI=1S/C14H17FN2O2S2/c1-10(12-5-3-4-6-13(12)15)17(2)21(18,19)14-8-7-11(9-16)20-14/h3-8,10H,9,16H2,1-2H3. The Morgan fingerprint density at radius 1 is 1.29 bits per heavy atom. The van der Waals surface area contributed by atoms with Crippen LogP contribution < -0.4 is 5.73 Å². The van der Waals surface area contributed by atoms with Crippen LogP contribution in [-0.2, 0) is 16.6 Å². The van der Waals surface area contributed by atoms with Crippen LogP contribution in [0.4, 0.5) is 4.39 Å². The van der Waals surface area contributed by atoms with Crippen LogP contribution in [0.25, 0.3) is 0 Å². The molecule has 0 radical (unpaired) electrons. The first-order chi connectivity index (χ1) is 9.87.